The lowest BCUT2D eigenvalue weighted by Crippen LogP contribution is -2.49. The molecule has 2 aromatic carbocycles. The number of carbonyl (C=O) groups is 2. The lowest BCUT2D eigenvalue weighted by atomic mass is 9.79. The van der Waals surface area contributed by atoms with Crippen LogP contribution in [0.25, 0.3) is 11.1 Å². The number of likely N-dealkylation sites (tertiary alicyclic amines) is 1. The number of ether oxygens (including phenoxy) is 1. The molecule has 1 fully saturated rings. The fourth-order valence-corrected chi connectivity index (χ4v) is 3.88. The fourth-order valence-electron chi connectivity index (χ4n) is 3.65. The molecule has 0 bridgehead atoms. The van der Waals surface area contributed by atoms with Crippen molar-refractivity contribution < 1.29 is 14.3 Å². The van der Waals surface area contributed by atoms with E-state index >= 15 is 0 Å². The smallest absolute Gasteiger partial charge is 0.410 e. The molecule has 0 spiro atoms. The molecule has 0 unspecified atom stereocenters. The molecular formula is C25H31ClN2O3. The second-order valence-electron chi connectivity index (χ2n) is 9.39. The molecule has 166 valence electrons. The Hall–Kier alpha value is -2.53. The number of rotatable bonds is 4. The molecule has 1 aliphatic heterocycles. The van der Waals surface area contributed by atoms with Crippen LogP contribution in [0.3, 0.4) is 0 Å². The second kappa shape index (κ2) is 9.31. The van der Waals surface area contributed by atoms with Gasteiger partial charge in [-0.15, -0.1) is 0 Å². The largest absolute Gasteiger partial charge is 0.444 e. The maximum atomic E-state index is 12.9. The van der Waals surface area contributed by atoms with Crippen LogP contribution >= 0.6 is 11.6 Å². The molecular weight excluding hydrogens is 412 g/mol. The SMILES string of the molecule is CC(C)(C)OC(=O)N1CCC(C)(C(=O)NCc2ccc(Cl)c(-c3ccccc3)c2)CC1. The number of nitrogens with one attached hydrogen (secondary N) is 1. The van der Waals surface area contributed by atoms with Gasteiger partial charge in [0.1, 0.15) is 5.60 Å². The topological polar surface area (TPSA) is 58.6 Å². The zero-order valence-corrected chi connectivity index (χ0v) is 19.5. The van der Waals surface area contributed by atoms with E-state index in [9.17, 15) is 9.59 Å². The third-order valence-corrected chi connectivity index (χ3v) is 5.97. The van der Waals surface area contributed by atoms with E-state index in [1.165, 1.54) is 0 Å². The molecule has 0 saturated carbocycles. The quantitative estimate of drug-likeness (QED) is 0.664. The molecule has 0 atom stereocenters. The Labute approximate surface area is 189 Å². The molecule has 1 heterocycles. The van der Waals surface area contributed by atoms with Gasteiger partial charge in [-0.2, -0.15) is 0 Å². The molecule has 0 radical (unpaired) electrons. The Morgan fingerprint density at radius 2 is 1.74 bits per heavy atom. The highest BCUT2D eigenvalue weighted by Crippen LogP contribution is 2.32. The van der Waals surface area contributed by atoms with E-state index in [0.29, 0.717) is 37.5 Å². The molecule has 1 saturated heterocycles. The van der Waals surface area contributed by atoms with Gasteiger partial charge < -0.3 is 15.0 Å². The van der Waals surface area contributed by atoms with E-state index in [2.05, 4.69) is 5.32 Å². The Balaban J connectivity index is 1.58. The van der Waals surface area contributed by atoms with Crippen molar-refractivity contribution in [3.63, 3.8) is 0 Å². The first-order valence-electron chi connectivity index (χ1n) is 10.7. The first-order chi connectivity index (χ1) is 14.6. The maximum absolute atomic E-state index is 12.9. The summed E-state index contributed by atoms with van der Waals surface area (Å²) < 4.78 is 5.44. The van der Waals surface area contributed by atoms with E-state index in [4.69, 9.17) is 16.3 Å². The first-order valence-corrected chi connectivity index (χ1v) is 11.1. The normalized spacial score (nSPS) is 16.0. The lowest BCUT2D eigenvalue weighted by molar-refractivity contribution is -0.133. The van der Waals surface area contributed by atoms with Crippen molar-refractivity contribution in [2.75, 3.05) is 13.1 Å². The van der Waals surface area contributed by atoms with Crippen LogP contribution in [0, 0.1) is 5.41 Å². The summed E-state index contributed by atoms with van der Waals surface area (Å²) in [5.41, 5.74) is 1.96. The van der Waals surface area contributed by atoms with Crippen LogP contribution < -0.4 is 5.32 Å². The van der Waals surface area contributed by atoms with Gasteiger partial charge in [-0.25, -0.2) is 4.79 Å². The maximum Gasteiger partial charge on any atom is 0.410 e. The van der Waals surface area contributed by atoms with Gasteiger partial charge in [0.2, 0.25) is 5.91 Å². The molecule has 2 amide bonds. The highest BCUT2D eigenvalue weighted by molar-refractivity contribution is 6.33. The van der Waals surface area contributed by atoms with Gasteiger partial charge in [-0.3, -0.25) is 4.79 Å². The summed E-state index contributed by atoms with van der Waals surface area (Å²) in [6.07, 6.45) is 0.895. The highest BCUT2D eigenvalue weighted by Gasteiger charge is 2.38. The second-order valence-corrected chi connectivity index (χ2v) is 9.80. The summed E-state index contributed by atoms with van der Waals surface area (Å²) in [5.74, 6) is 0.00699. The van der Waals surface area contributed by atoms with E-state index in [1.54, 1.807) is 4.90 Å². The fraction of sp³-hybridized carbons (Fsp3) is 0.440. The van der Waals surface area contributed by atoms with E-state index in [-0.39, 0.29) is 12.0 Å². The number of nitrogens with zero attached hydrogens (tertiary/aromatic N) is 1. The van der Waals surface area contributed by atoms with Gasteiger partial charge in [-0.1, -0.05) is 54.9 Å². The number of amides is 2. The van der Waals surface area contributed by atoms with Crippen molar-refractivity contribution in [3.8, 4) is 11.1 Å². The Morgan fingerprint density at radius 1 is 1.10 bits per heavy atom. The minimum atomic E-state index is -0.521. The molecule has 6 heteroatoms. The van der Waals surface area contributed by atoms with Gasteiger partial charge in [0.25, 0.3) is 0 Å². The zero-order chi connectivity index (χ0) is 22.6. The van der Waals surface area contributed by atoms with Crippen LogP contribution in [-0.4, -0.2) is 35.6 Å². The van der Waals surface area contributed by atoms with Crippen molar-refractivity contribution in [2.45, 2.75) is 52.7 Å². The number of carbonyl (C=O) groups excluding carboxylic acids is 2. The summed E-state index contributed by atoms with van der Waals surface area (Å²) in [6, 6.07) is 15.8. The standard InChI is InChI=1S/C25H31ClN2O3/c1-24(2,3)31-23(30)28-14-12-25(4,13-15-28)22(29)27-17-18-10-11-21(26)20(16-18)19-8-6-5-7-9-19/h5-11,16H,12-15,17H2,1-4H3,(H,27,29). The van der Waals surface area contributed by atoms with Crippen LogP contribution in [0.1, 0.15) is 46.1 Å². The van der Waals surface area contributed by atoms with Crippen molar-refractivity contribution in [3.05, 3.63) is 59.1 Å². The Bertz CT molecular complexity index is 930. The predicted octanol–water partition coefficient (Wildman–Crippen LogP) is 5.66. The first kappa shape index (κ1) is 23.1. The molecule has 1 N–H and O–H groups in total. The zero-order valence-electron chi connectivity index (χ0n) is 18.7. The van der Waals surface area contributed by atoms with Crippen LogP contribution in [-0.2, 0) is 16.1 Å². The Kier molecular flexibility index (Phi) is 6.95. The summed E-state index contributed by atoms with van der Waals surface area (Å²) in [5, 5.41) is 3.76. The molecule has 2 aromatic rings. The van der Waals surface area contributed by atoms with Crippen molar-refractivity contribution in [1.82, 2.24) is 10.2 Å². The van der Waals surface area contributed by atoms with E-state index < -0.39 is 11.0 Å². The Morgan fingerprint density at radius 3 is 2.35 bits per heavy atom. The van der Waals surface area contributed by atoms with Crippen molar-refractivity contribution in [1.29, 1.82) is 0 Å². The highest BCUT2D eigenvalue weighted by atomic mass is 35.5. The van der Waals surface area contributed by atoms with Crippen molar-refractivity contribution >= 4 is 23.6 Å². The molecule has 31 heavy (non-hydrogen) atoms. The van der Waals surface area contributed by atoms with Crippen LogP contribution in [0.2, 0.25) is 5.02 Å². The molecule has 0 aromatic heterocycles. The summed E-state index contributed by atoms with van der Waals surface area (Å²) in [6.45, 7) is 8.98. The van der Waals surface area contributed by atoms with Gasteiger partial charge in [0, 0.05) is 35.6 Å². The summed E-state index contributed by atoms with van der Waals surface area (Å²) >= 11 is 6.39. The minimum absolute atomic E-state index is 0.00699. The number of halogens is 1. The van der Waals surface area contributed by atoms with Crippen LogP contribution in [0.5, 0.6) is 0 Å². The molecule has 1 aliphatic rings. The monoisotopic (exact) mass is 442 g/mol. The van der Waals surface area contributed by atoms with Gasteiger partial charge in [-0.05, 0) is 56.9 Å². The van der Waals surface area contributed by atoms with Gasteiger partial charge in [0.05, 0.1) is 0 Å². The molecule has 5 nitrogen and oxygen atoms in total. The predicted molar refractivity (Wildman–Crippen MR) is 124 cm³/mol. The lowest BCUT2D eigenvalue weighted by Gasteiger charge is -2.38. The average Bonchev–Trinajstić information content (AvgIpc) is 2.72. The van der Waals surface area contributed by atoms with Crippen molar-refractivity contribution in [2.24, 2.45) is 5.41 Å². The van der Waals surface area contributed by atoms with Gasteiger partial charge >= 0.3 is 6.09 Å². The third-order valence-electron chi connectivity index (χ3n) is 5.64. The van der Waals surface area contributed by atoms with E-state index in [0.717, 1.165) is 16.7 Å². The van der Waals surface area contributed by atoms with Crippen LogP contribution in [0.15, 0.2) is 48.5 Å². The third kappa shape index (κ3) is 6.01. The van der Waals surface area contributed by atoms with Crippen LogP contribution in [0.4, 0.5) is 4.79 Å². The average molecular weight is 443 g/mol. The number of hydrogen-bond donors (Lipinski definition) is 1. The molecule has 0 aliphatic carbocycles. The van der Waals surface area contributed by atoms with E-state index in [1.807, 2.05) is 76.2 Å². The number of benzene rings is 2. The summed E-state index contributed by atoms with van der Waals surface area (Å²) in [4.78, 5) is 26.9. The number of hydrogen-bond acceptors (Lipinski definition) is 3. The minimum Gasteiger partial charge on any atom is -0.444 e. The summed E-state index contributed by atoms with van der Waals surface area (Å²) in [7, 11) is 0. The van der Waals surface area contributed by atoms with Gasteiger partial charge in [0.15, 0.2) is 0 Å². The number of piperidine rings is 1. The molecule has 3 rings (SSSR count).